The van der Waals surface area contributed by atoms with Gasteiger partial charge in [0.2, 0.25) is 5.91 Å². The Morgan fingerprint density at radius 2 is 1.65 bits per heavy atom. The Bertz CT molecular complexity index is 763. The minimum absolute atomic E-state index is 0.0267. The van der Waals surface area contributed by atoms with E-state index in [2.05, 4.69) is 0 Å². The van der Waals surface area contributed by atoms with E-state index in [4.69, 9.17) is 16.3 Å². The fourth-order valence-corrected chi connectivity index (χ4v) is 3.40. The van der Waals surface area contributed by atoms with Gasteiger partial charge in [-0.15, -0.1) is 0 Å². The minimum atomic E-state index is -0.0267. The smallest absolute Gasteiger partial charge is 0.226 e. The molecule has 3 rings (SSSR count). The van der Waals surface area contributed by atoms with Gasteiger partial charge in [-0.2, -0.15) is 0 Å². The average molecular weight is 372 g/mol. The molecule has 0 saturated carbocycles. The van der Waals surface area contributed by atoms with Crippen molar-refractivity contribution in [3.05, 3.63) is 64.7 Å². The fourth-order valence-electron chi connectivity index (χ4n) is 3.27. The standard InChI is InChI=1S/C21H22ClNO3/c1-26-19-8-2-15(3-9-19)14-20(24)23-12-10-17(11-13-23)21(25)16-4-6-18(22)7-5-16/h2-9,17H,10-14H2,1H3. The van der Waals surface area contributed by atoms with Crippen LogP contribution in [0.4, 0.5) is 0 Å². The first kappa shape index (κ1) is 18.5. The first-order chi connectivity index (χ1) is 12.6. The largest absolute Gasteiger partial charge is 0.497 e. The molecule has 1 saturated heterocycles. The summed E-state index contributed by atoms with van der Waals surface area (Å²) in [5.41, 5.74) is 1.66. The number of likely N-dealkylation sites (tertiary alicyclic amines) is 1. The molecular formula is C21H22ClNO3. The number of benzene rings is 2. The Morgan fingerprint density at radius 3 is 2.23 bits per heavy atom. The van der Waals surface area contributed by atoms with Crippen LogP contribution in [0, 0.1) is 5.92 Å². The summed E-state index contributed by atoms with van der Waals surface area (Å²) >= 11 is 5.88. The van der Waals surface area contributed by atoms with Gasteiger partial charge in [-0.3, -0.25) is 9.59 Å². The Balaban J connectivity index is 1.53. The molecule has 1 amide bonds. The summed E-state index contributed by atoms with van der Waals surface area (Å²) in [5, 5.41) is 0.625. The molecule has 1 aliphatic heterocycles. The normalized spacial score (nSPS) is 14.9. The zero-order valence-electron chi connectivity index (χ0n) is 14.8. The second-order valence-corrected chi connectivity index (χ2v) is 6.99. The lowest BCUT2D eigenvalue weighted by atomic mass is 9.88. The van der Waals surface area contributed by atoms with Crippen molar-refractivity contribution in [2.75, 3.05) is 20.2 Å². The van der Waals surface area contributed by atoms with Gasteiger partial charge in [-0.05, 0) is 54.8 Å². The molecule has 5 heteroatoms. The van der Waals surface area contributed by atoms with E-state index in [1.54, 1.807) is 31.4 Å². The summed E-state index contributed by atoms with van der Waals surface area (Å²) in [6.07, 6.45) is 1.78. The van der Waals surface area contributed by atoms with Crippen LogP contribution < -0.4 is 4.74 Å². The maximum Gasteiger partial charge on any atom is 0.226 e. The number of Topliss-reactive ketones (excluding diaryl/α,β-unsaturated/α-hetero) is 1. The van der Waals surface area contributed by atoms with Crippen LogP contribution in [0.2, 0.25) is 5.02 Å². The molecule has 0 atom stereocenters. The van der Waals surface area contributed by atoms with Crippen molar-refractivity contribution in [1.82, 2.24) is 4.90 Å². The number of ether oxygens (including phenoxy) is 1. The molecule has 0 aromatic heterocycles. The molecule has 0 N–H and O–H groups in total. The number of piperidine rings is 1. The predicted octanol–water partition coefficient (Wildman–Crippen LogP) is 4.01. The molecule has 1 fully saturated rings. The van der Waals surface area contributed by atoms with Crippen molar-refractivity contribution >= 4 is 23.3 Å². The topological polar surface area (TPSA) is 46.6 Å². The Labute approximate surface area is 158 Å². The third kappa shape index (κ3) is 4.44. The van der Waals surface area contributed by atoms with E-state index in [0.717, 1.165) is 11.3 Å². The molecule has 26 heavy (non-hydrogen) atoms. The second kappa shape index (κ2) is 8.37. The molecule has 0 aliphatic carbocycles. The first-order valence-electron chi connectivity index (χ1n) is 8.77. The number of nitrogens with zero attached hydrogens (tertiary/aromatic N) is 1. The number of carbonyl (C=O) groups is 2. The highest BCUT2D eigenvalue weighted by Crippen LogP contribution is 2.23. The van der Waals surface area contributed by atoms with Crippen LogP contribution in [0.15, 0.2) is 48.5 Å². The maximum absolute atomic E-state index is 12.6. The van der Waals surface area contributed by atoms with Crippen LogP contribution >= 0.6 is 11.6 Å². The van der Waals surface area contributed by atoms with E-state index in [-0.39, 0.29) is 17.6 Å². The molecule has 0 bridgehead atoms. The number of halogens is 1. The van der Waals surface area contributed by atoms with Gasteiger partial charge >= 0.3 is 0 Å². The summed E-state index contributed by atoms with van der Waals surface area (Å²) in [6, 6.07) is 14.6. The maximum atomic E-state index is 12.6. The van der Waals surface area contributed by atoms with Crippen molar-refractivity contribution in [3.63, 3.8) is 0 Å². The third-order valence-electron chi connectivity index (χ3n) is 4.86. The van der Waals surface area contributed by atoms with E-state index >= 15 is 0 Å². The van der Waals surface area contributed by atoms with E-state index in [1.165, 1.54) is 0 Å². The van der Waals surface area contributed by atoms with Gasteiger partial charge in [0.05, 0.1) is 13.5 Å². The van der Waals surface area contributed by atoms with Gasteiger partial charge in [0, 0.05) is 29.6 Å². The van der Waals surface area contributed by atoms with Crippen molar-refractivity contribution < 1.29 is 14.3 Å². The van der Waals surface area contributed by atoms with Crippen molar-refractivity contribution in [1.29, 1.82) is 0 Å². The molecule has 2 aromatic rings. The van der Waals surface area contributed by atoms with Gasteiger partial charge < -0.3 is 9.64 Å². The van der Waals surface area contributed by atoms with Crippen molar-refractivity contribution in [2.45, 2.75) is 19.3 Å². The van der Waals surface area contributed by atoms with E-state index in [1.807, 2.05) is 29.2 Å². The molecular weight excluding hydrogens is 350 g/mol. The minimum Gasteiger partial charge on any atom is -0.497 e. The summed E-state index contributed by atoms with van der Waals surface area (Å²) in [5.74, 6) is 1.00. The van der Waals surface area contributed by atoms with Gasteiger partial charge in [0.15, 0.2) is 5.78 Å². The summed E-state index contributed by atoms with van der Waals surface area (Å²) in [6.45, 7) is 1.25. The van der Waals surface area contributed by atoms with E-state index in [9.17, 15) is 9.59 Å². The highest BCUT2D eigenvalue weighted by molar-refractivity contribution is 6.30. The lowest BCUT2D eigenvalue weighted by Gasteiger charge is -2.31. The number of rotatable bonds is 5. The summed E-state index contributed by atoms with van der Waals surface area (Å²) < 4.78 is 5.13. The Kier molecular flexibility index (Phi) is 5.94. The zero-order chi connectivity index (χ0) is 18.5. The van der Waals surface area contributed by atoms with Gasteiger partial charge in [0.1, 0.15) is 5.75 Å². The molecule has 4 nitrogen and oxygen atoms in total. The molecule has 2 aromatic carbocycles. The molecule has 1 heterocycles. The van der Waals surface area contributed by atoms with Crippen molar-refractivity contribution in [2.24, 2.45) is 5.92 Å². The van der Waals surface area contributed by atoms with Crippen LogP contribution in [0.3, 0.4) is 0 Å². The Morgan fingerprint density at radius 1 is 1.04 bits per heavy atom. The van der Waals surface area contributed by atoms with E-state index < -0.39 is 0 Å². The molecule has 136 valence electrons. The number of carbonyl (C=O) groups excluding carboxylic acids is 2. The summed E-state index contributed by atoms with van der Waals surface area (Å²) in [4.78, 5) is 26.9. The van der Waals surface area contributed by atoms with Gasteiger partial charge in [-0.1, -0.05) is 23.7 Å². The lowest BCUT2D eigenvalue weighted by molar-refractivity contribution is -0.131. The number of methoxy groups -OCH3 is 1. The number of amides is 1. The molecule has 0 radical (unpaired) electrons. The SMILES string of the molecule is COc1ccc(CC(=O)N2CCC(C(=O)c3ccc(Cl)cc3)CC2)cc1. The van der Waals surface area contributed by atoms with Gasteiger partial charge in [0.25, 0.3) is 0 Å². The quantitative estimate of drug-likeness (QED) is 0.746. The third-order valence-corrected chi connectivity index (χ3v) is 5.11. The number of hydrogen-bond donors (Lipinski definition) is 0. The van der Waals surface area contributed by atoms with Crippen molar-refractivity contribution in [3.8, 4) is 5.75 Å². The summed E-state index contributed by atoms with van der Waals surface area (Å²) in [7, 11) is 1.62. The fraction of sp³-hybridized carbons (Fsp3) is 0.333. The zero-order valence-corrected chi connectivity index (χ0v) is 15.5. The number of hydrogen-bond acceptors (Lipinski definition) is 3. The average Bonchev–Trinajstić information content (AvgIpc) is 2.69. The number of ketones is 1. The second-order valence-electron chi connectivity index (χ2n) is 6.55. The predicted molar refractivity (Wildman–Crippen MR) is 102 cm³/mol. The highest BCUT2D eigenvalue weighted by atomic mass is 35.5. The molecule has 0 spiro atoms. The molecule has 0 unspecified atom stereocenters. The van der Waals surface area contributed by atoms with E-state index in [0.29, 0.717) is 42.9 Å². The highest BCUT2D eigenvalue weighted by Gasteiger charge is 2.27. The van der Waals surface area contributed by atoms with Gasteiger partial charge in [-0.25, -0.2) is 0 Å². The lowest BCUT2D eigenvalue weighted by Crippen LogP contribution is -2.41. The molecule has 1 aliphatic rings. The Hall–Kier alpha value is -2.33. The van der Waals surface area contributed by atoms with Crippen LogP contribution in [-0.2, 0) is 11.2 Å². The van der Waals surface area contributed by atoms with Crippen LogP contribution in [0.5, 0.6) is 5.75 Å². The van der Waals surface area contributed by atoms with Crippen LogP contribution in [0.1, 0.15) is 28.8 Å². The first-order valence-corrected chi connectivity index (χ1v) is 9.15. The monoisotopic (exact) mass is 371 g/mol. The van der Waals surface area contributed by atoms with Crippen LogP contribution in [-0.4, -0.2) is 36.8 Å². The van der Waals surface area contributed by atoms with Crippen LogP contribution in [0.25, 0.3) is 0 Å².